The molecule has 1 rings (SSSR count). The molecule has 2 heteroatoms. The lowest BCUT2D eigenvalue weighted by Gasteiger charge is -2.03. The van der Waals surface area contributed by atoms with Crippen molar-refractivity contribution in [3.63, 3.8) is 0 Å². The summed E-state index contributed by atoms with van der Waals surface area (Å²) >= 11 is 0. The van der Waals surface area contributed by atoms with E-state index in [1.165, 1.54) is 6.08 Å². The molecular formula is C12H14O2. The summed E-state index contributed by atoms with van der Waals surface area (Å²) in [5, 5.41) is 9.63. The van der Waals surface area contributed by atoms with E-state index >= 15 is 0 Å². The molecule has 74 valence electrons. The number of benzene rings is 1. The van der Waals surface area contributed by atoms with Crippen LogP contribution in [-0.2, 0) is 0 Å². The van der Waals surface area contributed by atoms with Gasteiger partial charge in [-0.3, -0.25) is 4.79 Å². The summed E-state index contributed by atoms with van der Waals surface area (Å²) in [6, 6.07) is 5.17. The number of aromatic hydroxyl groups is 1. The van der Waals surface area contributed by atoms with E-state index in [9.17, 15) is 9.90 Å². The zero-order valence-corrected chi connectivity index (χ0v) is 8.66. The van der Waals surface area contributed by atoms with Crippen molar-refractivity contribution < 1.29 is 9.90 Å². The molecule has 0 radical (unpaired) electrons. The van der Waals surface area contributed by atoms with Crippen LogP contribution in [0.5, 0.6) is 5.75 Å². The summed E-state index contributed by atoms with van der Waals surface area (Å²) in [5.74, 6) is -0.0683. The van der Waals surface area contributed by atoms with E-state index in [0.717, 1.165) is 11.1 Å². The number of carbonyl (C=O) groups excluding carboxylic acids is 1. The average Bonchev–Trinajstić information content (AvgIpc) is 2.08. The highest BCUT2D eigenvalue weighted by molar-refractivity contribution is 6.06. The van der Waals surface area contributed by atoms with Gasteiger partial charge in [0.25, 0.3) is 0 Å². The van der Waals surface area contributed by atoms with Crippen molar-refractivity contribution in [2.24, 2.45) is 0 Å². The summed E-state index contributed by atoms with van der Waals surface area (Å²) in [6.07, 6.45) is 1.52. The Kier molecular flexibility index (Phi) is 3.07. The SMILES string of the molecule is CC(C)=CC(=O)c1cccc(C)c1O. The fourth-order valence-corrected chi connectivity index (χ4v) is 1.20. The number of ketones is 1. The highest BCUT2D eigenvalue weighted by atomic mass is 16.3. The van der Waals surface area contributed by atoms with Crippen LogP contribution < -0.4 is 0 Å². The number of aryl methyl sites for hydroxylation is 1. The molecule has 0 heterocycles. The van der Waals surface area contributed by atoms with Crippen molar-refractivity contribution >= 4 is 5.78 Å². The predicted octanol–water partition coefficient (Wildman–Crippen LogP) is 2.85. The number of phenols is 1. The Morgan fingerprint density at radius 3 is 2.57 bits per heavy atom. The molecule has 14 heavy (non-hydrogen) atoms. The first-order valence-corrected chi connectivity index (χ1v) is 4.50. The van der Waals surface area contributed by atoms with E-state index in [4.69, 9.17) is 0 Å². The molecule has 1 aromatic rings. The van der Waals surface area contributed by atoms with Gasteiger partial charge in [-0.2, -0.15) is 0 Å². The van der Waals surface area contributed by atoms with Gasteiger partial charge in [0, 0.05) is 0 Å². The van der Waals surface area contributed by atoms with E-state index in [1.54, 1.807) is 25.1 Å². The minimum atomic E-state index is -0.147. The predicted molar refractivity (Wildman–Crippen MR) is 56.6 cm³/mol. The smallest absolute Gasteiger partial charge is 0.189 e. The van der Waals surface area contributed by atoms with Gasteiger partial charge < -0.3 is 5.11 Å². The molecule has 0 bridgehead atoms. The van der Waals surface area contributed by atoms with Crippen LogP contribution in [0.4, 0.5) is 0 Å². The lowest BCUT2D eigenvalue weighted by molar-refractivity contribution is 0.104. The maximum absolute atomic E-state index is 11.6. The van der Waals surface area contributed by atoms with Crippen LogP contribution in [0.1, 0.15) is 29.8 Å². The highest BCUT2D eigenvalue weighted by Gasteiger charge is 2.09. The zero-order chi connectivity index (χ0) is 10.7. The molecular weight excluding hydrogens is 176 g/mol. The van der Waals surface area contributed by atoms with Crippen molar-refractivity contribution in [3.8, 4) is 5.75 Å². The molecule has 0 amide bonds. The van der Waals surface area contributed by atoms with Crippen molar-refractivity contribution in [1.29, 1.82) is 0 Å². The van der Waals surface area contributed by atoms with E-state index in [0.29, 0.717) is 5.56 Å². The Morgan fingerprint density at radius 2 is 2.00 bits per heavy atom. The van der Waals surface area contributed by atoms with E-state index in [2.05, 4.69) is 0 Å². The largest absolute Gasteiger partial charge is 0.507 e. The molecule has 0 aliphatic heterocycles. The number of rotatable bonds is 2. The molecule has 1 N–H and O–H groups in total. The van der Waals surface area contributed by atoms with Gasteiger partial charge in [0.05, 0.1) is 5.56 Å². The molecule has 0 fully saturated rings. The van der Waals surface area contributed by atoms with Gasteiger partial charge in [-0.1, -0.05) is 17.7 Å². The second kappa shape index (κ2) is 4.09. The van der Waals surface area contributed by atoms with Crippen LogP contribution in [-0.4, -0.2) is 10.9 Å². The zero-order valence-electron chi connectivity index (χ0n) is 8.66. The van der Waals surface area contributed by atoms with E-state index in [-0.39, 0.29) is 11.5 Å². The molecule has 0 aromatic heterocycles. The number of hydrogen-bond donors (Lipinski definition) is 1. The number of hydrogen-bond acceptors (Lipinski definition) is 2. The van der Waals surface area contributed by atoms with E-state index in [1.807, 2.05) is 13.8 Å². The Balaban J connectivity index is 3.14. The first-order valence-electron chi connectivity index (χ1n) is 4.50. The third-order valence-electron chi connectivity index (χ3n) is 1.92. The maximum atomic E-state index is 11.6. The topological polar surface area (TPSA) is 37.3 Å². The monoisotopic (exact) mass is 190 g/mol. The standard InChI is InChI=1S/C12H14O2/c1-8(2)7-11(13)10-6-4-5-9(3)12(10)14/h4-7,14H,1-3H3. The summed E-state index contributed by atoms with van der Waals surface area (Å²) in [6.45, 7) is 5.48. The van der Waals surface area contributed by atoms with Crippen LogP contribution in [0, 0.1) is 6.92 Å². The van der Waals surface area contributed by atoms with Crippen LogP contribution in [0.3, 0.4) is 0 Å². The molecule has 1 aromatic carbocycles. The third kappa shape index (κ3) is 2.22. The number of para-hydroxylation sites is 1. The first-order chi connectivity index (χ1) is 6.52. The highest BCUT2D eigenvalue weighted by Crippen LogP contribution is 2.22. The number of carbonyl (C=O) groups is 1. The Hall–Kier alpha value is -1.57. The molecule has 0 saturated carbocycles. The fourth-order valence-electron chi connectivity index (χ4n) is 1.20. The van der Waals surface area contributed by atoms with Crippen LogP contribution in [0.25, 0.3) is 0 Å². The van der Waals surface area contributed by atoms with Crippen LogP contribution >= 0.6 is 0 Å². The Bertz CT molecular complexity index is 385. The molecule has 0 saturated heterocycles. The Labute approximate surface area is 83.9 Å². The number of phenolic OH excluding ortho intramolecular Hbond substituents is 1. The minimum absolute atomic E-state index is 0.0787. The molecule has 0 aliphatic rings. The fraction of sp³-hybridized carbons (Fsp3) is 0.250. The van der Waals surface area contributed by atoms with Crippen molar-refractivity contribution in [1.82, 2.24) is 0 Å². The molecule has 0 spiro atoms. The minimum Gasteiger partial charge on any atom is -0.507 e. The third-order valence-corrected chi connectivity index (χ3v) is 1.92. The van der Waals surface area contributed by atoms with Gasteiger partial charge in [0.1, 0.15) is 5.75 Å². The first kappa shape index (κ1) is 10.5. The summed E-state index contributed by atoms with van der Waals surface area (Å²) in [5.41, 5.74) is 2.01. The van der Waals surface area contributed by atoms with Gasteiger partial charge in [-0.15, -0.1) is 0 Å². The molecule has 0 aliphatic carbocycles. The Morgan fingerprint density at radius 1 is 1.36 bits per heavy atom. The van der Waals surface area contributed by atoms with Gasteiger partial charge in [0.2, 0.25) is 0 Å². The van der Waals surface area contributed by atoms with Gasteiger partial charge in [-0.05, 0) is 38.5 Å². The second-order valence-corrected chi connectivity index (χ2v) is 3.56. The lowest BCUT2D eigenvalue weighted by Crippen LogP contribution is -1.96. The lowest BCUT2D eigenvalue weighted by atomic mass is 10.0. The molecule has 0 atom stereocenters. The maximum Gasteiger partial charge on any atom is 0.189 e. The molecule has 0 unspecified atom stereocenters. The second-order valence-electron chi connectivity index (χ2n) is 3.56. The quantitative estimate of drug-likeness (QED) is 0.575. The summed E-state index contributed by atoms with van der Waals surface area (Å²) < 4.78 is 0. The number of allylic oxidation sites excluding steroid dienone is 2. The normalized spacial score (nSPS) is 9.64. The average molecular weight is 190 g/mol. The summed E-state index contributed by atoms with van der Waals surface area (Å²) in [4.78, 5) is 11.6. The van der Waals surface area contributed by atoms with Crippen LogP contribution in [0.15, 0.2) is 29.8 Å². The summed E-state index contributed by atoms with van der Waals surface area (Å²) in [7, 11) is 0. The van der Waals surface area contributed by atoms with Crippen molar-refractivity contribution in [2.75, 3.05) is 0 Å². The van der Waals surface area contributed by atoms with Gasteiger partial charge in [0.15, 0.2) is 5.78 Å². The van der Waals surface area contributed by atoms with Crippen molar-refractivity contribution in [3.05, 3.63) is 41.0 Å². The van der Waals surface area contributed by atoms with E-state index < -0.39 is 0 Å². The van der Waals surface area contributed by atoms with Gasteiger partial charge >= 0.3 is 0 Å². The van der Waals surface area contributed by atoms with Crippen LogP contribution in [0.2, 0.25) is 0 Å². The van der Waals surface area contributed by atoms with Gasteiger partial charge in [-0.25, -0.2) is 0 Å². The van der Waals surface area contributed by atoms with Crippen molar-refractivity contribution in [2.45, 2.75) is 20.8 Å². The molecule has 2 nitrogen and oxygen atoms in total.